The first-order chi connectivity index (χ1) is 14.5. The molecule has 0 saturated carbocycles. The van der Waals surface area contributed by atoms with E-state index < -0.39 is 16.0 Å². The molecule has 0 aliphatic heterocycles. The minimum absolute atomic E-state index is 0.0477. The van der Waals surface area contributed by atoms with Crippen LogP contribution in [-0.4, -0.2) is 60.6 Å². The molecule has 2 aromatic rings. The summed E-state index contributed by atoms with van der Waals surface area (Å²) in [5.74, 6) is -0.388. The van der Waals surface area contributed by atoms with Crippen LogP contribution < -0.4 is 9.04 Å². The van der Waals surface area contributed by atoms with Gasteiger partial charge in [-0.25, -0.2) is 13.2 Å². The number of hydrogen-bond donors (Lipinski definition) is 0. The Balaban J connectivity index is 2.57. The summed E-state index contributed by atoms with van der Waals surface area (Å²) in [5, 5.41) is 0. The van der Waals surface area contributed by atoms with E-state index in [1.807, 2.05) is 0 Å². The van der Waals surface area contributed by atoms with E-state index >= 15 is 0 Å². The van der Waals surface area contributed by atoms with Gasteiger partial charge in [0, 0.05) is 27.2 Å². The Morgan fingerprint density at radius 2 is 1.61 bits per heavy atom. The Hall–Kier alpha value is -3.33. The predicted molar refractivity (Wildman–Crippen MR) is 119 cm³/mol. The number of hydrogen-bond acceptors (Lipinski definition) is 6. The second kappa shape index (κ2) is 9.65. The topological polar surface area (TPSA) is 93.2 Å². The summed E-state index contributed by atoms with van der Waals surface area (Å²) < 4.78 is 37.4. The molecule has 2 rings (SSSR count). The number of aryl methyl sites for hydroxylation is 1. The highest BCUT2D eigenvalue weighted by Crippen LogP contribution is 2.32. The van der Waals surface area contributed by atoms with E-state index in [4.69, 9.17) is 9.47 Å². The van der Waals surface area contributed by atoms with Gasteiger partial charge in [0.05, 0.1) is 30.4 Å². The third-order valence-electron chi connectivity index (χ3n) is 4.62. The fourth-order valence-electron chi connectivity index (χ4n) is 2.93. The summed E-state index contributed by atoms with van der Waals surface area (Å²) in [6.07, 6.45) is 2.93. The molecule has 0 atom stereocenters. The van der Waals surface area contributed by atoms with Gasteiger partial charge < -0.3 is 14.4 Å². The van der Waals surface area contributed by atoms with Crippen molar-refractivity contribution in [1.82, 2.24) is 4.90 Å². The Morgan fingerprint density at radius 3 is 2.13 bits per heavy atom. The maximum Gasteiger partial charge on any atom is 0.340 e. The minimum atomic E-state index is -3.96. The number of ether oxygens (including phenoxy) is 2. The average molecular weight is 447 g/mol. The number of benzene rings is 2. The first kappa shape index (κ1) is 23.9. The molecule has 0 aliphatic rings. The molecule has 31 heavy (non-hydrogen) atoms. The van der Waals surface area contributed by atoms with Gasteiger partial charge in [-0.2, -0.15) is 0 Å². The maximum atomic E-state index is 13.2. The molecule has 0 spiro atoms. The van der Waals surface area contributed by atoms with Crippen LogP contribution in [-0.2, 0) is 19.6 Å². The van der Waals surface area contributed by atoms with Crippen LogP contribution in [0.15, 0.2) is 47.4 Å². The largest absolute Gasteiger partial charge is 0.497 e. The summed E-state index contributed by atoms with van der Waals surface area (Å²) >= 11 is 0. The van der Waals surface area contributed by atoms with Crippen LogP contribution in [0.1, 0.15) is 21.5 Å². The van der Waals surface area contributed by atoms with Gasteiger partial charge in [0.2, 0.25) is 5.91 Å². The lowest BCUT2D eigenvalue weighted by Crippen LogP contribution is -2.29. The highest BCUT2D eigenvalue weighted by Gasteiger charge is 2.27. The summed E-state index contributed by atoms with van der Waals surface area (Å²) in [7, 11) is 3.37. The molecule has 1 amide bonds. The second-order valence-electron chi connectivity index (χ2n) is 6.94. The van der Waals surface area contributed by atoms with Gasteiger partial charge in [0.25, 0.3) is 10.0 Å². The smallest absolute Gasteiger partial charge is 0.340 e. The van der Waals surface area contributed by atoms with Crippen molar-refractivity contribution in [2.75, 3.05) is 39.7 Å². The van der Waals surface area contributed by atoms with E-state index in [2.05, 4.69) is 0 Å². The Kier molecular flexibility index (Phi) is 7.46. The standard InChI is InChI=1S/C22H26N2O6S/c1-15-13-16(7-12-20(25)23(2)3)14-19(22(26)30-6)21(15)24(4)31(27,28)18-10-8-17(29-5)9-11-18/h7-14H,1-6H3/b12-7+. The van der Waals surface area contributed by atoms with Gasteiger partial charge in [0.1, 0.15) is 5.75 Å². The van der Waals surface area contributed by atoms with Crippen molar-refractivity contribution in [2.24, 2.45) is 0 Å². The Bertz CT molecular complexity index is 1110. The molecule has 0 unspecified atom stereocenters. The SMILES string of the molecule is COC(=O)c1cc(/C=C/C(=O)N(C)C)cc(C)c1N(C)S(=O)(=O)c1ccc(OC)cc1. The normalized spacial score (nSPS) is 11.3. The van der Waals surface area contributed by atoms with Crippen LogP contribution in [0.3, 0.4) is 0 Å². The first-order valence-electron chi connectivity index (χ1n) is 9.28. The van der Waals surface area contributed by atoms with E-state index in [-0.39, 0.29) is 22.1 Å². The third kappa shape index (κ3) is 5.24. The van der Waals surface area contributed by atoms with Crippen molar-refractivity contribution in [2.45, 2.75) is 11.8 Å². The molecule has 166 valence electrons. The highest BCUT2D eigenvalue weighted by atomic mass is 32.2. The Labute approximate surface area is 182 Å². The van der Waals surface area contributed by atoms with Crippen LogP contribution in [0.5, 0.6) is 5.75 Å². The van der Waals surface area contributed by atoms with Crippen molar-refractivity contribution in [3.8, 4) is 5.75 Å². The number of methoxy groups -OCH3 is 2. The molecular formula is C22H26N2O6S. The van der Waals surface area contributed by atoms with Crippen LogP contribution in [0.2, 0.25) is 0 Å². The van der Waals surface area contributed by atoms with Crippen LogP contribution in [0.25, 0.3) is 6.08 Å². The van der Waals surface area contributed by atoms with Gasteiger partial charge in [-0.3, -0.25) is 9.10 Å². The number of esters is 1. The molecule has 8 nitrogen and oxygen atoms in total. The number of rotatable bonds is 7. The summed E-state index contributed by atoms with van der Waals surface area (Å²) in [6, 6.07) is 9.15. The van der Waals surface area contributed by atoms with Gasteiger partial charge >= 0.3 is 5.97 Å². The van der Waals surface area contributed by atoms with Crippen LogP contribution >= 0.6 is 0 Å². The van der Waals surface area contributed by atoms with E-state index in [0.717, 1.165) is 4.31 Å². The van der Waals surface area contributed by atoms with Crippen molar-refractivity contribution >= 4 is 33.7 Å². The number of nitrogens with zero attached hydrogens (tertiary/aromatic N) is 2. The third-order valence-corrected chi connectivity index (χ3v) is 6.39. The summed E-state index contributed by atoms with van der Waals surface area (Å²) in [4.78, 5) is 25.8. The van der Waals surface area contributed by atoms with E-state index in [1.165, 1.54) is 50.4 Å². The zero-order valence-electron chi connectivity index (χ0n) is 18.4. The zero-order valence-corrected chi connectivity index (χ0v) is 19.2. The summed E-state index contributed by atoms with van der Waals surface area (Å²) in [5.41, 5.74) is 1.35. The molecule has 0 N–H and O–H groups in total. The monoisotopic (exact) mass is 446 g/mol. The van der Waals surface area contributed by atoms with Gasteiger partial charge in [-0.05, 0) is 60.5 Å². The van der Waals surface area contributed by atoms with Crippen LogP contribution in [0.4, 0.5) is 5.69 Å². The molecule has 9 heteroatoms. The van der Waals surface area contributed by atoms with Gasteiger partial charge in [-0.15, -0.1) is 0 Å². The molecule has 0 aromatic heterocycles. The number of amides is 1. The van der Waals surface area contributed by atoms with E-state index in [1.54, 1.807) is 45.3 Å². The molecule has 0 fully saturated rings. The van der Waals surface area contributed by atoms with Gasteiger partial charge in [-0.1, -0.05) is 0 Å². The lowest BCUT2D eigenvalue weighted by atomic mass is 10.0. The molecule has 2 aromatic carbocycles. The molecule has 0 radical (unpaired) electrons. The van der Waals surface area contributed by atoms with Crippen molar-refractivity contribution < 1.29 is 27.5 Å². The fraction of sp³-hybridized carbons (Fsp3) is 0.273. The number of anilines is 1. The number of carbonyl (C=O) groups excluding carboxylic acids is 2. The second-order valence-corrected chi connectivity index (χ2v) is 8.91. The lowest BCUT2D eigenvalue weighted by Gasteiger charge is -2.24. The Morgan fingerprint density at radius 1 is 1.00 bits per heavy atom. The van der Waals surface area contributed by atoms with Crippen molar-refractivity contribution in [3.05, 3.63) is 59.2 Å². The molecule has 0 aliphatic carbocycles. The maximum absolute atomic E-state index is 13.2. The predicted octanol–water partition coefficient (Wildman–Crippen LogP) is 2.72. The lowest BCUT2D eigenvalue weighted by molar-refractivity contribution is -0.123. The molecular weight excluding hydrogens is 420 g/mol. The number of sulfonamides is 1. The highest BCUT2D eigenvalue weighted by molar-refractivity contribution is 7.92. The summed E-state index contributed by atoms with van der Waals surface area (Å²) in [6.45, 7) is 1.69. The van der Waals surface area contributed by atoms with Crippen molar-refractivity contribution in [3.63, 3.8) is 0 Å². The van der Waals surface area contributed by atoms with E-state index in [0.29, 0.717) is 16.9 Å². The number of likely N-dealkylation sites (N-methyl/N-ethyl adjacent to an activating group) is 1. The van der Waals surface area contributed by atoms with Gasteiger partial charge in [0.15, 0.2) is 0 Å². The molecule has 0 saturated heterocycles. The van der Waals surface area contributed by atoms with Crippen LogP contribution in [0, 0.1) is 6.92 Å². The van der Waals surface area contributed by atoms with Crippen molar-refractivity contribution in [1.29, 1.82) is 0 Å². The molecule has 0 heterocycles. The minimum Gasteiger partial charge on any atom is -0.497 e. The fourth-order valence-corrected chi connectivity index (χ4v) is 4.21. The average Bonchev–Trinajstić information content (AvgIpc) is 2.75. The zero-order chi connectivity index (χ0) is 23.3. The molecule has 0 bridgehead atoms. The quantitative estimate of drug-likeness (QED) is 0.480. The van der Waals surface area contributed by atoms with E-state index in [9.17, 15) is 18.0 Å². The first-order valence-corrected chi connectivity index (χ1v) is 10.7. The number of carbonyl (C=O) groups is 2.